The maximum absolute atomic E-state index is 13.7. The minimum Gasteiger partial charge on any atom is -0.294 e. The number of aromatic nitrogens is 4. The van der Waals surface area contributed by atoms with E-state index in [0.29, 0.717) is 17.7 Å². The molecule has 146 valence electrons. The molecule has 1 aliphatic carbocycles. The number of nitrogens with one attached hydrogen (secondary N) is 2. The number of aryl methyl sites for hydroxylation is 1. The molecule has 0 saturated heterocycles. The topological polar surface area (TPSA) is 92.2 Å². The van der Waals surface area contributed by atoms with Crippen LogP contribution in [0.5, 0.6) is 0 Å². The van der Waals surface area contributed by atoms with Gasteiger partial charge >= 0.3 is 0 Å². The van der Waals surface area contributed by atoms with Crippen molar-refractivity contribution in [3.63, 3.8) is 0 Å². The van der Waals surface area contributed by atoms with E-state index in [1.165, 1.54) is 6.07 Å². The van der Waals surface area contributed by atoms with Crippen LogP contribution in [0.2, 0.25) is 0 Å². The Morgan fingerprint density at radius 1 is 1.25 bits per heavy atom. The van der Waals surface area contributed by atoms with Crippen molar-refractivity contribution in [3.05, 3.63) is 58.0 Å². The molecule has 28 heavy (non-hydrogen) atoms. The predicted octanol–water partition coefficient (Wildman–Crippen LogP) is 2.68. The van der Waals surface area contributed by atoms with Gasteiger partial charge < -0.3 is 0 Å². The molecule has 1 aliphatic rings. The Kier molecular flexibility index (Phi) is 4.24. The Morgan fingerprint density at radius 2 is 1.96 bits per heavy atom. The van der Waals surface area contributed by atoms with Crippen LogP contribution < -0.4 is 10.9 Å². The van der Waals surface area contributed by atoms with Crippen molar-refractivity contribution in [1.29, 1.82) is 0 Å². The normalized spacial score (nSPS) is 17.2. The van der Waals surface area contributed by atoms with Crippen molar-refractivity contribution in [2.45, 2.75) is 43.9 Å². The summed E-state index contributed by atoms with van der Waals surface area (Å²) in [6.07, 6.45) is 0.306. The molecule has 0 bridgehead atoms. The summed E-state index contributed by atoms with van der Waals surface area (Å²) in [7, 11) is 0. The highest BCUT2D eigenvalue weighted by molar-refractivity contribution is 5.99. The van der Waals surface area contributed by atoms with Crippen molar-refractivity contribution in [2.75, 3.05) is 5.32 Å². The summed E-state index contributed by atoms with van der Waals surface area (Å²) in [5.41, 5.74) is -0.559. The lowest BCUT2D eigenvalue weighted by atomic mass is 9.61. The van der Waals surface area contributed by atoms with E-state index in [-0.39, 0.29) is 17.3 Å². The first-order valence-corrected chi connectivity index (χ1v) is 9.06. The number of nitrogens with zero attached hydrogens (tertiary/aromatic N) is 3. The van der Waals surface area contributed by atoms with Gasteiger partial charge in [0.05, 0.1) is 11.1 Å². The predicted molar refractivity (Wildman–Crippen MR) is 98.5 cm³/mol. The number of halogens is 2. The third-order valence-electron chi connectivity index (χ3n) is 5.00. The van der Waals surface area contributed by atoms with Gasteiger partial charge in [0, 0.05) is 18.9 Å². The molecule has 3 aromatic rings. The van der Waals surface area contributed by atoms with Gasteiger partial charge in [-0.3, -0.25) is 20.0 Å². The van der Waals surface area contributed by atoms with Gasteiger partial charge in [0.2, 0.25) is 11.9 Å². The second-order valence-electron chi connectivity index (χ2n) is 7.16. The number of alkyl halides is 2. The van der Waals surface area contributed by atoms with E-state index in [0.717, 1.165) is 10.9 Å². The monoisotopic (exact) mass is 387 g/mol. The van der Waals surface area contributed by atoms with E-state index >= 15 is 0 Å². The third kappa shape index (κ3) is 3.06. The fourth-order valence-corrected chi connectivity index (χ4v) is 3.68. The molecule has 1 aromatic carbocycles. The Balaban J connectivity index is 1.65. The van der Waals surface area contributed by atoms with Crippen molar-refractivity contribution >= 4 is 17.6 Å². The lowest BCUT2D eigenvalue weighted by Gasteiger charge is -2.46. The van der Waals surface area contributed by atoms with Crippen LogP contribution in [0.25, 0.3) is 5.78 Å². The molecule has 4 rings (SSSR count). The summed E-state index contributed by atoms with van der Waals surface area (Å²) in [6.45, 7) is 1.97. The van der Waals surface area contributed by atoms with Crippen LogP contribution in [0.4, 0.5) is 14.7 Å². The summed E-state index contributed by atoms with van der Waals surface area (Å²) < 4.78 is 28.5. The molecule has 1 saturated carbocycles. The summed E-state index contributed by atoms with van der Waals surface area (Å²) in [5.74, 6) is -3.37. The number of hydrogen-bond donors (Lipinski definition) is 2. The van der Waals surface area contributed by atoms with E-state index < -0.39 is 30.1 Å². The van der Waals surface area contributed by atoms with E-state index in [2.05, 4.69) is 20.4 Å². The molecule has 7 nitrogen and oxygen atoms in total. The Bertz CT molecular complexity index is 1080. The van der Waals surface area contributed by atoms with E-state index in [1.54, 1.807) is 30.3 Å². The van der Waals surface area contributed by atoms with Gasteiger partial charge in [-0.15, -0.1) is 0 Å². The molecule has 2 heterocycles. The average molecular weight is 387 g/mol. The first-order valence-electron chi connectivity index (χ1n) is 9.06. The fourth-order valence-electron chi connectivity index (χ4n) is 3.68. The van der Waals surface area contributed by atoms with E-state index in [1.807, 2.05) is 6.92 Å². The van der Waals surface area contributed by atoms with Crippen molar-refractivity contribution < 1.29 is 13.6 Å². The number of carbonyl (C=O) groups is 1. The van der Waals surface area contributed by atoms with Crippen molar-refractivity contribution in [2.24, 2.45) is 0 Å². The minimum absolute atomic E-state index is 0.00577. The van der Waals surface area contributed by atoms with Crippen molar-refractivity contribution in [3.8, 4) is 0 Å². The quantitative estimate of drug-likeness (QED) is 0.704. The molecule has 1 fully saturated rings. The number of fused-ring (bicyclic) bond motifs is 1. The third-order valence-corrected chi connectivity index (χ3v) is 5.00. The molecule has 0 radical (unpaired) electrons. The number of rotatable bonds is 5. The number of carbonyl (C=O) groups excluding carboxylic acids is 1. The van der Waals surface area contributed by atoms with Gasteiger partial charge in [-0.05, 0) is 12.0 Å². The molecule has 9 heteroatoms. The smallest absolute Gasteiger partial charge is 0.274 e. The second kappa shape index (κ2) is 6.50. The molecular weight excluding hydrogens is 368 g/mol. The fraction of sp³-hybridized carbons (Fsp3) is 0.368. The number of aromatic amines is 1. The van der Waals surface area contributed by atoms with Crippen LogP contribution in [0.15, 0.2) is 41.2 Å². The maximum Gasteiger partial charge on any atom is 0.274 e. The van der Waals surface area contributed by atoms with Crippen LogP contribution in [0.3, 0.4) is 0 Å². The zero-order chi connectivity index (χ0) is 19.9. The first-order chi connectivity index (χ1) is 13.3. The standard InChI is InChI=1S/C19H19F2N5O2/c1-2-6-13-9-14(27)26-17(22-13)24-16(25-26)23-15(28)18(10-19(20,21)11-18)12-7-4-3-5-8-12/h3-5,7-9H,2,6,10-11H2,1H3,(H2,22,23,24,25,28). The molecule has 0 spiro atoms. The molecule has 0 aliphatic heterocycles. The second-order valence-corrected chi connectivity index (χ2v) is 7.16. The lowest BCUT2D eigenvalue weighted by Crippen LogP contribution is -2.56. The Labute approximate surface area is 158 Å². The summed E-state index contributed by atoms with van der Waals surface area (Å²) in [4.78, 5) is 33.5. The van der Waals surface area contributed by atoms with Gasteiger partial charge in [0.15, 0.2) is 0 Å². The average Bonchev–Trinajstić information content (AvgIpc) is 3.03. The van der Waals surface area contributed by atoms with Crippen molar-refractivity contribution in [1.82, 2.24) is 19.6 Å². The summed E-state index contributed by atoms with van der Waals surface area (Å²) in [6, 6.07) is 9.91. The van der Waals surface area contributed by atoms with Crippen LogP contribution >= 0.6 is 0 Å². The first kappa shape index (κ1) is 18.3. The molecule has 0 unspecified atom stereocenters. The van der Waals surface area contributed by atoms with Crippen LogP contribution in [0, 0.1) is 0 Å². The summed E-state index contributed by atoms with van der Waals surface area (Å²) >= 11 is 0. The van der Waals surface area contributed by atoms with Gasteiger partial charge in [-0.1, -0.05) is 43.7 Å². The molecule has 1 amide bonds. The molecule has 0 atom stereocenters. The Morgan fingerprint density at radius 3 is 2.61 bits per heavy atom. The highest BCUT2D eigenvalue weighted by atomic mass is 19.3. The SMILES string of the molecule is CCCc1cc(=O)n2[nH]c(NC(=O)C3(c4ccccc4)CC(F)(F)C3)nc2n1. The molecule has 2 aromatic heterocycles. The van der Waals surface area contributed by atoms with Crippen LogP contribution in [-0.4, -0.2) is 31.4 Å². The molecular formula is C19H19F2N5O2. The number of hydrogen-bond acceptors (Lipinski definition) is 4. The number of benzene rings is 1. The lowest BCUT2D eigenvalue weighted by molar-refractivity contribution is -0.154. The molecule has 2 N–H and O–H groups in total. The highest BCUT2D eigenvalue weighted by Crippen LogP contribution is 2.53. The van der Waals surface area contributed by atoms with E-state index in [4.69, 9.17) is 0 Å². The zero-order valence-corrected chi connectivity index (χ0v) is 15.2. The zero-order valence-electron chi connectivity index (χ0n) is 15.2. The minimum atomic E-state index is -2.89. The van der Waals surface area contributed by atoms with E-state index in [9.17, 15) is 18.4 Å². The largest absolute Gasteiger partial charge is 0.294 e. The van der Waals surface area contributed by atoms with Gasteiger partial charge in [-0.2, -0.15) is 9.50 Å². The number of amides is 1. The highest BCUT2D eigenvalue weighted by Gasteiger charge is 2.61. The number of H-pyrrole nitrogens is 1. The van der Waals surface area contributed by atoms with Crippen LogP contribution in [0.1, 0.15) is 37.4 Å². The summed E-state index contributed by atoms with van der Waals surface area (Å²) in [5, 5.41) is 5.22. The van der Waals surface area contributed by atoms with Gasteiger partial charge in [0.25, 0.3) is 17.3 Å². The maximum atomic E-state index is 13.7. The van der Waals surface area contributed by atoms with Gasteiger partial charge in [-0.25, -0.2) is 13.8 Å². The Hall–Kier alpha value is -3.10. The van der Waals surface area contributed by atoms with Gasteiger partial charge in [0.1, 0.15) is 0 Å². The van der Waals surface area contributed by atoms with Crippen LogP contribution in [-0.2, 0) is 16.6 Å². The number of anilines is 1.